The van der Waals surface area contributed by atoms with Gasteiger partial charge in [0.25, 0.3) is 5.25 Å². The van der Waals surface area contributed by atoms with E-state index in [9.17, 15) is 8.78 Å². The van der Waals surface area contributed by atoms with Crippen molar-refractivity contribution >= 4 is 11.8 Å². The Hall–Kier alpha value is -0.570. The maximum absolute atomic E-state index is 13.5. The zero-order valence-electron chi connectivity index (χ0n) is 9.59. The molecule has 1 rings (SSSR count). The minimum Gasteiger partial charge on any atom is -0.194 e. The fraction of sp³-hybridized carbons (Fsp3) is 0.538. The normalized spacial score (nSPS) is 11.7. The van der Waals surface area contributed by atoms with Crippen molar-refractivity contribution in [3.05, 3.63) is 30.3 Å². The van der Waals surface area contributed by atoms with E-state index in [1.165, 1.54) is 0 Å². The van der Waals surface area contributed by atoms with Crippen LogP contribution in [0, 0.1) is 0 Å². The number of thioether (sulfide) groups is 1. The topological polar surface area (TPSA) is 0 Å². The fourth-order valence-electron chi connectivity index (χ4n) is 1.47. The molecule has 0 aliphatic carbocycles. The van der Waals surface area contributed by atoms with Crippen LogP contribution in [0.5, 0.6) is 0 Å². The van der Waals surface area contributed by atoms with Gasteiger partial charge >= 0.3 is 0 Å². The summed E-state index contributed by atoms with van der Waals surface area (Å²) in [5.74, 6) is 0. The lowest BCUT2D eigenvalue weighted by atomic mass is 10.2. The number of benzene rings is 1. The molecule has 0 saturated heterocycles. The molecule has 0 atom stereocenters. The van der Waals surface area contributed by atoms with Gasteiger partial charge in [-0.15, -0.1) is 0 Å². The van der Waals surface area contributed by atoms with Gasteiger partial charge in [-0.2, -0.15) is 8.78 Å². The molecule has 0 nitrogen and oxygen atoms in total. The monoisotopic (exact) mass is 244 g/mol. The largest absolute Gasteiger partial charge is 0.298 e. The molecule has 0 bridgehead atoms. The highest BCUT2D eigenvalue weighted by Gasteiger charge is 2.29. The zero-order chi connectivity index (χ0) is 11.9. The number of halogens is 2. The van der Waals surface area contributed by atoms with Crippen molar-refractivity contribution < 1.29 is 8.78 Å². The average Bonchev–Trinajstić information content (AvgIpc) is 2.25. The van der Waals surface area contributed by atoms with Crippen LogP contribution in [0.2, 0.25) is 0 Å². The summed E-state index contributed by atoms with van der Waals surface area (Å²) in [4.78, 5) is 0.642. The summed E-state index contributed by atoms with van der Waals surface area (Å²) < 4.78 is 27.0. The highest BCUT2D eigenvalue weighted by Crippen LogP contribution is 2.39. The first-order valence-corrected chi connectivity index (χ1v) is 6.57. The molecule has 0 fully saturated rings. The van der Waals surface area contributed by atoms with Crippen LogP contribution in [0.15, 0.2) is 35.2 Å². The van der Waals surface area contributed by atoms with Gasteiger partial charge in [-0.1, -0.05) is 56.1 Å². The smallest absolute Gasteiger partial charge is 0.194 e. The van der Waals surface area contributed by atoms with Crippen LogP contribution in [-0.4, -0.2) is 5.25 Å². The average molecular weight is 244 g/mol. The van der Waals surface area contributed by atoms with E-state index in [1.54, 1.807) is 24.3 Å². The molecule has 0 aliphatic heterocycles. The Bertz CT molecular complexity index is 285. The first-order chi connectivity index (χ1) is 7.64. The first-order valence-electron chi connectivity index (χ1n) is 5.76. The van der Waals surface area contributed by atoms with Crippen molar-refractivity contribution in [2.45, 2.75) is 49.2 Å². The van der Waals surface area contributed by atoms with Gasteiger partial charge < -0.3 is 0 Å². The van der Waals surface area contributed by atoms with Gasteiger partial charge in [-0.3, -0.25) is 0 Å². The standard InChI is InChI=1S/C13H18F2S/c1-2-3-4-8-11-13(14,15)16-12-9-6-5-7-10-12/h5-7,9-10H,2-4,8,11H2,1H3. The third-order valence-electron chi connectivity index (χ3n) is 2.33. The highest BCUT2D eigenvalue weighted by atomic mass is 32.2. The number of alkyl halides is 2. The lowest BCUT2D eigenvalue weighted by Gasteiger charge is -2.15. The fourth-order valence-corrected chi connectivity index (χ4v) is 2.35. The van der Waals surface area contributed by atoms with Crippen LogP contribution in [0.3, 0.4) is 0 Å². The predicted octanol–water partition coefficient (Wildman–Crippen LogP) is 5.34. The molecular formula is C13H18F2S. The molecule has 90 valence electrons. The maximum atomic E-state index is 13.5. The lowest BCUT2D eigenvalue weighted by molar-refractivity contribution is 0.0922. The number of unbranched alkanes of at least 4 members (excludes halogenated alkanes) is 3. The van der Waals surface area contributed by atoms with Crippen LogP contribution in [-0.2, 0) is 0 Å². The van der Waals surface area contributed by atoms with Crippen molar-refractivity contribution in [1.82, 2.24) is 0 Å². The second-order valence-electron chi connectivity index (χ2n) is 3.86. The van der Waals surface area contributed by atoms with Crippen LogP contribution in [0.4, 0.5) is 8.78 Å². The molecule has 0 amide bonds. The summed E-state index contributed by atoms with van der Waals surface area (Å²) >= 11 is 0.671. The van der Waals surface area contributed by atoms with E-state index in [2.05, 4.69) is 6.92 Å². The minimum atomic E-state index is -2.63. The second kappa shape index (κ2) is 6.89. The van der Waals surface area contributed by atoms with E-state index in [4.69, 9.17) is 0 Å². The van der Waals surface area contributed by atoms with E-state index in [0.717, 1.165) is 19.3 Å². The van der Waals surface area contributed by atoms with Gasteiger partial charge in [0.05, 0.1) is 0 Å². The third kappa shape index (κ3) is 5.50. The first kappa shape index (κ1) is 13.5. The van der Waals surface area contributed by atoms with Crippen molar-refractivity contribution in [3.63, 3.8) is 0 Å². The second-order valence-corrected chi connectivity index (χ2v) is 5.14. The molecular weight excluding hydrogens is 226 g/mol. The molecule has 0 N–H and O–H groups in total. The predicted molar refractivity (Wildman–Crippen MR) is 66.0 cm³/mol. The molecule has 0 unspecified atom stereocenters. The van der Waals surface area contributed by atoms with Gasteiger partial charge in [0.1, 0.15) is 0 Å². The summed E-state index contributed by atoms with van der Waals surface area (Å²) in [6, 6.07) is 8.86. The van der Waals surface area contributed by atoms with E-state index in [-0.39, 0.29) is 6.42 Å². The van der Waals surface area contributed by atoms with Gasteiger partial charge in [0, 0.05) is 11.3 Å². The van der Waals surface area contributed by atoms with Crippen molar-refractivity contribution in [1.29, 1.82) is 0 Å². The highest BCUT2D eigenvalue weighted by molar-refractivity contribution is 8.00. The lowest BCUT2D eigenvalue weighted by Crippen LogP contribution is -2.09. The van der Waals surface area contributed by atoms with Gasteiger partial charge in [-0.05, 0) is 18.6 Å². The molecule has 3 heteroatoms. The Morgan fingerprint density at radius 1 is 1.06 bits per heavy atom. The van der Waals surface area contributed by atoms with Crippen molar-refractivity contribution in [2.24, 2.45) is 0 Å². The molecule has 0 radical (unpaired) electrons. The van der Waals surface area contributed by atoms with Crippen LogP contribution < -0.4 is 0 Å². The molecule has 1 aromatic rings. The zero-order valence-corrected chi connectivity index (χ0v) is 10.4. The molecule has 0 spiro atoms. The van der Waals surface area contributed by atoms with Gasteiger partial charge in [0.15, 0.2) is 0 Å². The number of hydrogen-bond donors (Lipinski definition) is 0. The van der Waals surface area contributed by atoms with Crippen molar-refractivity contribution in [2.75, 3.05) is 0 Å². The van der Waals surface area contributed by atoms with E-state index in [1.807, 2.05) is 6.07 Å². The Morgan fingerprint density at radius 2 is 1.75 bits per heavy atom. The Kier molecular flexibility index (Phi) is 5.81. The quantitative estimate of drug-likeness (QED) is 0.460. The summed E-state index contributed by atoms with van der Waals surface area (Å²) in [5, 5.41) is -2.63. The molecule has 0 heterocycles. The third-order valence-corrected chi connectivity index (χ3v) is 3.34. The van der Waals surface area contributed by atoms with Crippen LogP contribution in [0.25, 0.3) is 0 Å². The number of rotatable bonds is 7. The molecule has 0 aliphatic rings. The van der Waals surface area contributed by atoms with Crippen LogP contribution in [0.1, 0.15) is 39.0 Å². The molecule has 1 aromatic carbocycles. The van der Waals surface area contributed by atoms with E-state index >= 15 is 0 Å². The van der Waals surface area contributed by atoms with E-state index < -0.39 is 5.25 Å². The minimum absolute atomic E-state index is 0.0213. The Balaban J connectivity index is 2.33. The summed E-state index contributed by atoms with van der Waals surface area (Å²) in [6.07, 6.45) is 3.62. The number of hydrogen-bond acceptors (Lipinski definition) is 1. The summed E-state index contributed by atoms with van der Waals surface area (Å²) in [5.41, 5.74) is 0. The van der Waals surface area contributed by atoms with E-state index in [0.29, 0.717) is 23.1 Å². The van der Waals surface area contributed by atoms with Gasteiger partial charge in [0.2, 0.25) is 0 Å². The summed E-state index contributed by atoms with van der Waals surface area (Å²) in [6.45, 7) is 2.08. The Labute approximate surface area is 100 Å². The maximum Gasteiger partial charge on any atom is 0.298 e. The molecule has 0 aromatic heterocycles. The van der Waals surface area contributed by atoms with Crippen molar-refractivity contribution in [3.8, 4) is 0 Å². The SMILES string of the molecule is CCCCCCC(F)(F)Sc1ccccc1. The Morgan fingerprint density at radius 3 is 2.38 bits per heavy atom. The molecule has 16 heavy (non-hydrogen) atoms. The van der Waals surface area contributed by atoms with Crippen LogP contribution >= 0.6 is 11.8 Å². The molecule has 0 saturated carbocycles. The van der Waals surface area contributed by atoms with Gasteiger partial charge in [-0.25, -0.2) is 0 Å². The summed E-state index contributed by atoms with van der Waals surface area (Å²) in [7, 11) is 0.